The lowest BCUT2D eigenvalue weighted by Crippen LogP contribution is -1.74. The second-order valence-corrected chi connectivity index (χ2v) is 2.90. The molecule has 0 saturated heterocycles. The lowest BCUT2D eigenvalue weighted by molar-refractivity contribution is 0.570. The first-order valence-corrected chi connectivity index (χ1v) is 4.00. The minimum atomic E-state index is -0.240. The number of hydrogen-bond acceptors (Lipinski definition) is 1. The van der Waals surface area contributed by atoms with Gasteiger partial charge in [-0.2, -0.15) is 0 Å². The number of hydrogen-bond donors (Lipinski definition) is 0. The third kappa shape index (κ3) is 1.61. The summed E-state index contributed by atoms with van der Waals surface area (Å²) in [6, 6.07) is 8.05. The quantitative estimate of drug-likeness (QED) is 0.648. The molecular formula is C11H8FO. The van der Waals surface area contributed by atoms with Crippen molar-refractivity contribution in [1.82, 2.24) is 0 Å². The maximum absolute atomic E-state index is 12.6. The highest BCUT2D eigenvalue weighted by Crippen LogP contribution is 2.21. The first kappa shape index (κ1) is 8.05. The van der Waals surface area contributed by atoms with Gasteiger partial charge >= 0.3 is 0 Å². The molecule has 13 heavy (non-hydrogen) atoms. The zero-order valence-electron chi connectivity index (χ0n) is 7.17. The Kier molecular flexibility index (Phi) is 1.89. The summed E-state index contributed by atoms with van der Waals surface area (Å²) in [5.74, 6) is 0.480. The topological polar surface area (TPSA) is 13.1 Å². The Bertz CT molecular complexity index is 400. The van der Waals surface area contributed by atoms with Crippen LogP contribution < -0.4 is 0 Å². The molecule has 2 heteroatoms. The van der Waals surface area contributed by atoms with Crippen LogP contribution in [0.2, 0.25) is 0 Å². The molecule has 0 aliphatic heterocycles. The van der Waals surface area contributed by atoms with Crippen LogP contribution in [0.3, 0.4) is 0 Å². The maximum atomic E-state index is 12.6. The average molecular weight is 175 g/mol. The summed E-state index contributed by atoms with van der Waals surface area (Å²) in [5, 5.41) is 0. The van der Waals surface area contributed by atoms with Gasteiger partial charge in [-0.15, -0.1) is 0 Å². The highest BCUT2D eigenvalue weighted by molar-refractivity contribution is 5.57. The molecule has 1 aromatic heterocycles. The Morgan fingerprint density at radius 3 is 2.46 bits per heavy atom. The van der Waals surface area contributed by atoms with Gasteiger partial charge < -0.3 is 4.42 Å². The van der Waals surface area contributed by atoms with Crippen molar-refractivity contribution in [1.29, 1.82) is 0 Å². The molecule has 1 aromatic carbocycles. The third-order valence-electron chi connectivity index (χ3n) is 1.80. The van der Waals surface area contributed by atoms with Gasteiger partial charge in [0, 0.05) is 5.56 Å². The van der Waals surface area contributed by atoms with Crippen molar-refractivity contribution in [3.63, 3.8) is 0 Å². The molecule has 2 aromatic rings. The zero-order chi connectivity index (χ0) is 9.26. The number of halogens is 1. The van der Waals surface area contributed by atoms with Crippen molar-refractivity contribution in [2.24, 2.45) is 0 Å². The van der Waals surface area contributed by atoms with Crippen molar-refractivity contribution in [2.75, 3.05) is 0 Å². The normalized spacial score (nSPS) is 10.3. The molecule has 0 aliphatic rings. The number of benzene rings is 1. The summed E-state index contributed by atoms with van der Waals surface area (Å²) in [6.45, 7) is 1.90. The van der Waals surface area contributed by atoms with E-state index in [1.165, 1.54) is 12.1 Å². The van der Waals surface area contributed by atoms with Gasteiger partial charge in [0.25, 0.3) is 0 Å². The Hall–Kier alpha value is -1.57. The Balaban J connectivity index is 2.41. The minimum Gasteiger partial charge on any atom is -0.453 e. The van der Waals surface area contributed by atoms with Crippen molar-refractivity contribution in [2.45, 2.75) is 6.92 Å². The summed E-state index contributed by atoms with van der Waals surface area (Å²) < 4.78 is 17.7. The molecular weight excluding hydrogens is 167 g/mol. The molecule has 0 spiro atoms. The largest absolute Gasteiger partial charge is 0.453 e. The molecule has 1 radical (unpaired) electrons. The number of aryl methyl sites for hydroxylation is 1. The van der Waals surface area contributed by atoms with Crippen LogP contribution in [0.5, 0.6) is 0 Å². The van der Waals surface area contributed by atoms with E-state index in [1.54, 1.807) is 12.1 Å². The van der Waals surface area contributed by atoms with Crippen LogP contribution in [0.1, 0.15) is 5.56 Å². The van der Waals surface area contributed by atoms with E-state index in [0.717, 1.165) is 16.9 Å². The van der Waals surface area contributed by atoms with E-state index in [0.29, 0.717) is 0 Å². The standard InChI is InChI=1S/C11H8FO/c1-8-6-11(13-7-8)9-2-4-10(12)5-3-9/h2-6H,1H3. The predicted octanol–water partition coefficient (Wildman–Crippen LogP) is 3.19. The molecule has 0 fully saturated rings. The first-order chi connectivity index (χ1) is 6.25. The van der Waals surface area contributed by atoms with E-state index >= 15 is 0 Å². The fourth-order valence-electron chi connectivity index (χ4n) is 1.15. The van der Waals surface area contributed by atoms with Gasteiger partial charge in [-0.05, 0) is 42.8 Å². The molecule has 2 rings (SSSR count). The van der Waals surface area contributed by atoms with Crippen LogP contribution in [-0.4, -0.2) is 0 Å². The van der Waals surface area contributed by atoms with Gasteiger partial charge in [-0.1, -0.05) is 0 Å². The lowest BCUT2D eigenvalue weighted by atomic mass is 10.1. The second-order valence-electron chi connectivity index (χ2n) is 2.90. The molecule has 0 unspecified atom stereocenters. The van der Waals surface area contributed by atoms with Gasteiger partial charge in [0.1, 0.15) is 11.6 Å². The van der Waals surface area contributed by atoms with Gasteiger partial charge in [0.15, 0.2) is 6.26 Å². The molecule has 0 saturated carbocycles. The Morgan fingerprint density at radius 2 is 1.92 bits per heavy atom. The smallest absolute Gasteiger partial charge is 0.173 e. The van der Waals surface area contributed by atoms with Crippen LogP contribution in [0.4, 0.5) is 4.39 Å². The van der Waals surface area contributed by atoms with E-state index in [-0.39, 0.29) is 5.82 Å². The zero-order valence-corrected chi connectivity index (χ0v) is 7.17. The van der Waals surface area contributed by atoms with Crippen molar-refractivity contribution >= 4 is 0 Å². The summed E-state index contributed by atoms with van der Waals surface area (Å²) in [5.41, 5.74) is 1.81. The molecule has 0 aliphatic carbocycles. The number of furan rings is 1. The SMILES string of the molecule is Cc1[c]oc(-c2ccc(F)cc2)c1. The van der Waals surface area contributed by atoms with E-state index in [9.17, 15) is 4.39 Å². The maximum Gasteiger partial charge on any atom is 0.173 e. The fourth-order valence-corrected chi connectivity index (χ4v) is 1.15. The fraction of sp³-hybridized carbons (Fsp3) is 0.0909. The van der Waals surface area contributed by atoms with Gasteiger partial charge in [0.2, 0.25) is 0 Å². The lowest BCUT2D eigenvalue weighted by Gasteiger charge is -1.94. The van der Waals surface area contributed by atoms with E-state index < -0.39 is 0 Å². The molecule has 1 heterocycles. The van der Waals surface area contributed by atoms with E-state index in [2.05, 4.69) is 6.26 Å². The Labute approximate surface area is 75.8 Å². The molecule has 0 N–H and O–H groups in total. The minimum absolute atomic E-state index is 0.240. The van der Waals surface area contributed by atoms with Crippen molar-refractivity contribution in [3.05, 3.63) is 48.0 Å². The monoisotopic (exact) mass is 175 g/mol. The molecule has 0 amide bonds. The summed E-state index contributed by atoms with van der Waals surface area (Å²) >= 11 is 0. The van der Waals surface area contributed by atoms with Crippen molar-refractivity contribution < 1.29 is 8.81 Å². The Morgan fingerprint density at radius 1 is 1.23 bits per heavy atom. The van der Waals surface area contributed by atoms with Crippen LogP contribution in [-0.2, 0) is 0 Å². The van der Waals surface area contributed by atoms with Gasteiger partial charge in [-0.25, -0.2) is 4.39 Å². The molecule has 65 valence electrons. The summed E-state index contributed by atoms with van der Waals surface area (Å²) in [4.78, 5) is 0. The predicted molar refractivity (Wildman–Crippen MR) is 47.7 cm³/mol. The van der Waals surface area contributed by atoms with Crippen LogP contribution in [0, 0.1) is 19.0 Å². The molecule has 0 bridgehead atoms. The van der Waals surface area contributed by atoms with Gasteiger partial charge in [-0.3, -0.25) is 0 Å². The van der Waals surface area contributed by atoms with Crippen LogP contribution in [0.25, 0.3) is 11.3 Å². The van der Waals surface area contributed by atoms with E-state index in [1.807, 2.05) is 13.0 Å². The summed E-state index contributed by atoms with van der Waals surface area (Å²) in [6.07, 6.45) is 2.71. The first-order valence-electron chi connectivity index (χ1n) is 4.00. The number of rotatable bonds is 1. The summed E-state index contributed by atoms with van der Waals surface area (Å²) in [7, 11) is 0. The second kappa shape index (κ2) is 3.05. The molecule has 0 atom stereocenters. The van der Waals surface area contributed by atoms with Crippen LogP contribution >= 0.6 is 0 Å². The molecule has 1 nitrogen and oxygen atoms in total. The van der Waals surface area contributed by atoms with E-state index in [4.69, 9.17) is 4.42 Å². The average Bonchev–Trinajstić information content (AvgIpc) is 2.53. The highest BCUT2D eigenvalue weighted by Gasteiger charge is 2.02. The third-order valence-corrected chi connectivity index (χ3v) is 1.80. The van der Waals surface area contributed by atoms with Crippen LogP contribution in [0.15, 0.2) is 34.7 Å². The highest BCUT2D eigenvalue weighted by atomic mass is 19.1. The van der Waals surface area contributed by atoms with Crippen molar-refractivity contribution in [3.8, 4) is 11.3 Å². The van der Waals surface area contributed by atoms with Gasteiger partial charge in [0.05, 0.1) is 0 Å².